The Hall–Kier alpha value is -3.20. The highest BCUT2D eigenvalue weighted by molar-refractivity contribution is 6.30. The Bertz CT molecular complexity index is 1320. The van der Waals surface area contributed by atoms with E-state index in [0.29, 0.717) is 16.5 Å². The summed E-state index contributed by atoms with van der Waals surface area (Å²) in [6.45, 7) is 5.34. The minimum atomic E-state index is -0.471. The monoisotopic (exact) mass is 428 g/mol. The zero-order valence-electron chi connectivity index (χ0n) is 17.1. The molecule has 1 aliphatic heterocycles. The first-order chi connectivity index (χ1) is 14.2. The first-order valence-electron chi connectivity index (χ1n) is 9.47. The van der Waals surface area contributed by atoms with Crippen LogP contribution in [0.25, 0.3) is 11.2 Å². The van der Waals surface area contributed by atoms with Crippen LogP contribution in [0.2, 0.25) is 5.02 Å². The van der Waals surface area contributed by atoms with Crippen molar-refractivity contribution in [1.29, 1.82) is 0 Å². The number of hydrogen-bond acceptors (Lipinski definition) is 6. The van der Waals surface area contributed by atoms with Crippen molar-refractivity contribution in [3.05, 3.63) is 55.7 Å². The Morgan fingerprint density at radius 3 is 2.50 bits per heavy atom. The highest BCUT2D eigenvalue weighted by Gasteiger charge is 2.31. The summed E-state index contributed by atoms with van der Waals surface area (Å²) in [5.74, 6) is 0.281. The van der Waals surface area contributed by atoms with Gasteiger partial charge in [0.1, 0.15) is 6.54 Å². The smallest absolute Gasteiger partial charge is 0.298 e. The number of aromatic nitrogens is 4. The SMILES string of the molecule is CC(=O)CN1N=C(C)[C@@H](C)n2c1nc1c2c(=O)n(Cc2ccc(Cl)cc2)c(=O)n1C. The summed E-state index contributed by atoms with van der Waals surface area (Å²) in [6.07, 6.45) is 0. The molecule has 1 aliphatic rings. The Balaban J connectivity index is 1.97. The van der Waals surface area contributed by atoms with Gasteiger partial charge in [0, 0.05) is 12.1 Å². The molecule has 10 heteroatoms. The summed E-state index contributed by atoms with van der Waals surface area (Å²) in [5, 5.41) is 6.51. The lowest BCUT2D eigenvalue weighted by atomic mass is 10.2. The van der Waals surface area contributed by atoms with E-state index in [9.17, 15) is 14.4 Å². The van der Waals surface area contributed by atoms with Crippen molar-refractivity contribution in [2.45, 2.75) is 33.4 Å². The Labute approximate surface area is 176 Å². The number of carbonyl (C=O) groups excluding carboxylic acids is 1. The van der Waals surface area contributed by atoms with Gasteiger partial charge in [0.15, 0.2) is 16.9 Å². The van der Waals surface area contributed by atoms with E-state index in [1.807, 2.05) is 13.8 Å². The van der Waals surface area contributed by atoms with Crippen LogP contribution in [0.4, 0.5) is 5.95 Å². The molecule has 0 saturated heterocycles. The van der Waals surface area contributed by atoms with Crippen molar-refractivity contribution in [3.8, 4) is 0 Å². The molecule has 0 aliphatic carbocycles. The van der Waals surface area contributed by atoms with Crippen LogP contribution in [0.1, 0.15) is 32.4 Å². The number of fused-ring (bicyclic) bond motifs is 3. The number of benzene rings is 1. The summed E-state index contributed by atoms with van der Waals surface area (Å²) in [5.41, 5.74) is 1.17. The molecule has 0 unspecified atom stereocenters. The fraction of sp³-hybridized carbons (Fsp3) is 0.350. The lowest BCUT2D eigenvalue weighted by molar-refractivity contribution is -0.115. The Kier molecular flexibility index (Phi) is 4.85. The molecule has 1 atom stereocenters. The average Bonchev–Trinajstić information content (AvgIpc) is 3.10. The first kappa shape index (κ1) is 20.1. The minimum Gasteiger partial charge on any atom is -0.298 e. The number of hydrogen-bond donors (Lipinski definition) is 0. The van der Waals surface area contributed by atoms with Crippen LogP contribution in [0.3, 0.4) is 0 Å². The van der Waals surface area contributed by atoms with Crippen LogP contribution >= 0.6 is 11.6 Å². The van der Waals surface area contributed by atoms with Crippen molar-refractivity contribution in [1.82, 2.24) is 18.7 Å². The number of Topliss-reactive ketones (excluding diaryl/α,β-unsaturated/α-hetero) is 1. The van der Waals surface area contributed by atoms with E-state index in [2.05, 4.69) is 10.1 Å². The van der Waals surface area contributed by atoms with Gasteiger partial charge in [0.2, 0.25) is 5.95 Å². The minimum absolute atomic E-state index is 0.0281. The van der Waals surface area contributed by atoms with Crippen molar-refractivity contribution in [3.63, 3.8) is 0 Å². The zero-order chi connectivity index (χ0) is 21.7. The van der Waals surface area contributed by atoms with E-state index in [1.165, 1.54) is 21.1 Å². The van der Waals surface area contributed by atoms with E-state index in [1.54, 1.807) is 35.9 Å². The standard InChI is InChI=1S/C20H21ClN6O3/c1-11(28)9-26-19-22-17-16(27(19)13(3)12(2)23-26)18(29)25(20(30)24(17)4)10-14-5-7-15(21)8-6-14/h5-8,13H,9-10H2,1-4H3/t13-/m1/s1. The molecule has 3 aromatic rings. The molecular weight excluding hydrogens is 408 g/mol. The lowest BCUT2D eigenvalue weighted by Crippen LogP contribution is -2.40. The molecular formula is C20H21ClN6O3. The van der Waals surface area contributed by atoms with Crippen molar-refractivity contribution in [2.24, 2.45) is 12.1 Å². The largest absolute Gasteiger partial charge is 0.332 e. The molecule has 0 N–H and O–H groups in total. The molecule has 2 aromatic heterocycles. The lowest BCUT2D eigenvalue weighted by Gasteiger charge is -2.28. The maximum Gasteiger partial charge on any atom is 0.332 e. The van der Waals surface area contributed by atoms with Crippen LogP contribution in [-0.2, 0) is 18.4 Å². The van der Waals surface area contributed by atoms with Crippen LogP contribution < -0.4 is 16.3 Å². The quantitative estimate of drug-likeness (QED) is 0.633. The zero-order valence-corrected chi connectivity index (χ0v) is 17.8. The number of anilines is 1. The Morgan fingerprint density at radius 1 is 1.20 bits per heavy atom. The number of carbonyl (C=O) groups is 1. The average molecular weight is 429 g/mol. The molecule has 0 spiro atoms. The molecule has 30 heavy (non-hydrogen) atoms. The van der Waals surface area contributed by atoms with Gasteiger partial charge >= 0.3 is 5.69 Å². The second kappa shape index (κ2) is 7.24. The van der Waals surface area contributed by atoms with Gasteiger partial charge in [0.05, 0.1) is 18.3 Å². The van der Waals surface area contributed by atoms with Gasteiger partial charge in [-0.1, -0.05) is 23.7 Å². The van der Waals surface area contributed by atoms with Gasteiger partial charge in [-0.25, -0.2) is 9.80 Å². The summed E-state index contributed by atoms with van der Waals surface area (Å²) in [7, 11) is 1.58. The summed E-state index contributed by atoms with van der Waals surface area (Å²) < 4.78 is 4.29. The predicted octanol–water partition coefficient (Wildman–Crippen LogP) is 1.94. The molecule has 0 fully saturated rings. The molecule has 9 nitrogen and oxygen atoms in total. The molecule has 3 heterocycles. The van der Waals surface area contributed by atoms with Crippen LogP contribution in [-0.4, -0.2) is 36.7 Å². The predicted molar refractivity (Wildman–Crippen MR) is 116 cm³/mol. The van der Waals surface area contributed by atoms with Gasteiger partial charge in [-0.05, 0) is 38.5 Å². The van der Waals surface area contributed by atoms with Crippen molar-refractivity contribution in [2.75, 3.05) is 11.6 Å². The molecule has 0 radical (unpaired) electrons. The number of hydrazone groups is 1. The summed E-state index contributed by atoms with van der Waals surface area (Å²) in [6, 6.07) is 6.74. The molecule has 0 saturated carbocycles. The maximum absolute atomic E-state index is 13.4. The third-order valence-electron chi connectivity index (χ3n) is 5.28. The maximum atomic E-state index is 13.4. The van der Waals surface area contributed by atoms with Gasteiger partial charge in [0.25, 0.3) is 5.56 Å². The topological polar surface area (TPSA) is 94.5 Å². The van der Waals surface area contributed by atoms with Crippen LogP contribution in [0.5, 0.6) is 0 Å². The fourth-order valence-corrected chi connectivity index (χ4v) is 3.74. The number of halogens is 1. The number of imidazole rings is 1. The number of rotatable bonds is 4. The summed E-state index contributed by atoms with van der Waals surface area (Å²) >= 11 is 5.94. The van der Waals surface area contributed by atoms with E-state index in [-0.39, 0.29) is 30.6 Å². The fourth-order valence-electron chi connectivity index (χ4n) is 3.61. The Morgan fingerprint density at radius 2 is 1.87 bits per heavy atom. The first-order valence-corrected chi connectivity index (χ1v) is 9.85. The van der Waals surface area contributed by atoms with Gasteiger partial charge in [-0.2, -0.15) is 10.1 Å². The third kappa shape index (κ3) is 3.15. The van der Waals surface area contributed by atoms with Gasteiger partial charge < -0.3 is 0 Å². The number of nitrogens with zero attached hydrogens (tertiary/aromatic N) is 6. The third-order valence-corrected chi connectivity index (χ3v) is 5.54. The highest BCUT2D eigenvalue weighted by atomic mass is 35.5. The van der Waals surface area contributed by atoms with Gasteiger partial charge in [-0.15, -0.1) is 0 Å². The number of aryl methyl sites for hydroxylation is 1. The van der Waals surface area contributed by atoms with Crippen molar-refractivity contribution >= 4 is 40.2 Å². The van der Waals surface area contributed by atoms with Crippen molar-refractivity contribution < 1.29 is 4.79 Å². The van der Waals surface area contributed by atoms with Gasteiger partial charge in [-0.3, -0.25) is 23.3 Å². The number of ketones is 1. The second-order valence-electron chi connectivity index (χ2n) is 7.49. The van der Waals surface area contributed by atoms with Crippen LogP contribution in [0.15, 0.2) is 39.0 Å². The van der Waals surface area contributed by atoms with E-state index < -0.39 is 11.2 Å². The molecule has 0 bridgehead atoms. The molecule has 1 aromatic carbocycles. The highest BCUT2D eigenvalue weighted by Crippen LogP contribution is 2.29. The summed E-state index contributed by atoms with van der Waals surface area (Å²) in [4.78, 5) is 42.6. The van der Waals surface area contributed by atoms with E-state index >= 15 is 0 Å². The van der Waals surface area contributed by atoms with Crippen LogP contribution in [0, 0.1) is 0 Å². The van der Waals surface area contributed by atoms with E-state index in [4.69, 9.17) is 11.6 Å². The molecule has 0 amide bonds. The molecule has 156 valence electrons. The van der Waals surface area contributed by atoms with E-state index in [0.717, 1.165) is 11.3 Å². The normalized spacial score (nSPS) is 16.0. The second-order valence-corrected chi connectivity index (χ2v) is 7.93. The molecule has 4 rings (SSSR count).